The average Bonchev–Trinajstić information content (AvgIpc) is 3.67. The first kappa shape index (κ1) is 35.4. The van der Waals surface area contributed by atoms with Crippen LogP contribution in [0.2, 0.25) is 0 Å². The molecule has 3 aromatic rings. The number of oxazole rings is 1. The number of nitrogens with one attached hydrogen (secondary N) is 2. The molecule has 0 aliphatic heterocycles. The topological polar surface area (TPSA) is 131 Å². The van der Waals surface area contributed by atoms with E-state index in [1.807, 2.05) is 27.7 Å². The van der Waals surface area contributed by atoms with E-state index in [0.29, 0.717) is 11.1 Å². The lowest BCUT2D eigenvalue weighted by Gasteiger charge is -2.21. The molecular formula is C29H36F4N4O5S. The van der Waals surface area contributed by atoms with Gasteiger partial charge in [0.05, 0.1) is 18.1 Å². The Bertz CT molecular complexity index is 1450. The Labute approximate surface area is 248 Å². The molecule has 2 aromatic carbocycles. The number of amides is 1. The molecule has 1 amide bonds. The number of amidine groups is 1. The number of hydrogen-bond donors (Lipinski definition) is 2. The number of fused-ring (bicyclic) bond motifs is 1. The van der Waals surface area contributed by atoms with Crippen LogP contribution >= 0.6 is 0 Å². The van der Waals surface area contributed by atoms with E-state index in [-0.39, 0.29) is 23.1 Å². The Hall–Kier alpha value is -3.81. The van der Waals surface area contributed by atoms with Crippen molar-refractivity contribution < 1.29 is 40.0 Å². The molecule has 2 N–H and O–H groups in total. The highest BCUT2D eigenvalue weighted by Gasteiger charge is 2.33. The van der Waals surface area contributed by atoms with Gasteiger partial charge in [-0.05, 0) is 55.2 Å². The van der Waals surface area contributed by atoms with Gasteiger partial charge in [-0.3, -0.25) is 14.6 Å². The molecule has 43 heavy (non-hydrogen) atoms. The summed E-state index contributed by atoms with van der Waals surface area (Å²) in [6.07, 6.45) is -3.26. The highest BCUT2D eigenvalue weighted by atomic mass is 32.2. The fourth-order valence-electron chi connectivity index (χ4n) is 3.67. The normalized spacial score (nSPS) is 14.1. The molecule has 0 unspecified atom stereocenters. The van der Waals surface area contributed by atoms with Crippen molar-refractivity contribution in [2.75, 3.05) is 24.6 Å². The molecular weight excluding hydrogens is 592 g/mol. The summed E-state index contributed by atoms with van der Waals surface area (Å²) in [6, 6.07) is 9.23. The zero-order valence-electron chi connectivity index (χ0n) is 24.4. The van der Waals surface area contributed by atoms with Crippen molar-refractivity contribution in [2.45, 2.75) is 52.8 Å². The minimum atomic E-state index is -4.70. The first-order valence-corrected chi connectivity index (χ1v) is 15.7. The monoisotopic (exact) mass is 628 g/mol. The number of alkyl halides is 3. The van der Waals surface area contributed by atoms with Gasteiger partial charge >= 0.3 is 6.18 Å². The average molecular weight is 629 g/mol. The molecule has 0 saturated heterocycles. The van der Waals surface area contributed by atoms with Crippen LogP contribution in [-0.4, -0.2) is 67.7 Å². The van der Waals surface area contributed by atoms with Crippen molar-refractivity contribution in [1.29, 1.82) is 0 Å². The number of aromatic nitrogens is 1. The van der Waals surface area contributed by atoms with Crippen LogP contribution in [-0.2, 0) is 14.6 Å². The van der Waals surface area contributed by atoms with Gasteiger partial charge in [-0.1, -0.05) is 39.8 Å². The third kappa shape index (κ3) is 11.8. The number of carbonyl (C=O) groups is 2. The van der Waals surface area contributed by atoms with E-state index in [9.17, 15) is 35.6 Å². The van der Waals surface area contributed by atoms with E-state index >= 15 is 0 Å². The Morgan fingerprint density at radius 2 is 1.67 bits per heavy atom. The minimum absolute atomic E-state index is 0.000549. The SMILES string of the molecule is CC.CC.O=C(CNC(=O)[C@H](CS(=O)(=O)CC1CC1)NC(=NCC(F)(F)F)c1ccc(F)cc1)c1nc2ccccc2o1. The molecule has 14 heteroatoms. The summed E-state index contributed by atoms with van der Waals surface area (Å²) in [6.45, 7) is 5.75. The molecule has 1 heterocycles. The third-order valence-corrected chi connectivity index (χ3v) is 7.54. The Balaban J connectivity index is 0.00000155. The van der Waals surface area contributed by atoms with Crippen molar-refractivity contribution >= 4 is 38.5 Å². The summed E-state index contributed by atoms with van der Waals surface area (Å²) >= 11 is 0. The van der Waals surface area contributed by atoms with Gasteiger partial charge in [0, 0.05) is 5.56 Å². The first-order valence-electron chi connectivity index (χ1n) is 13.9. The zero-order chi connectivity index (χ0) is 32.2. The van der Waals surface area contributed by atoms with Gasteiger partial charge in [0.2, 0.25) is 11.7 Å². The first-order chi connectivity index (χ1) is 20.4. The Kier molecular flexibility index (Phi) is 13.3. The largest absolute Gasteiger partial charge is 0.434 e. The fourth-order valence-corrected chi connectivity index (χ4v) is 5.60. The van der Waals surface area contributed by atoms with Crippen LogP contribution in [0.3, 0.4) is 0 Å². The van der Waals surface area contributed by atoms with Crippen molar-refractivity contribution in [3.63, 3.8) is 0 Å². The molecule has 236 valence electrons. The van der Waals surface area contributed by atoms with Crippen LogP contribution in [0.5, 0.6) is 0 Å². The van der Waals surface area contributed by atoms with Gasteiger partial charge in [0.1, 0.15) is 29.8 Å². The fraction of sp³-hybridized carbons (Fsp3) is 0.448. The van der Waals surface area contributed by atoms with E-state index in [1.165, 1.54) is 0 Å². The second kappa shape index (κ2) is 16.1. The lowest BCUT2D eigenvalue weighted by atomic mass is 10.1. The summed E-state index contributed by atoms with van der Waals surface area (Å²) in [7, 11) is -3.82. The summed E-state index contributed by atoms with van der Waals surface area (Å²) in [5, 5.41) is 4.79. The van der Waals surface area contributed by atoms with E-state index in [0.717, 1.165) is 37.1 Å². The van der Waals surface area contributed by atoms with Gasteiger partial charge < -0.3 is 15.1 Å². The number of carbonyl (C=O) groups excluding carboxylic acids is 2. The van der Waals surface area contributed by atoms with Crippen LogP contribution in [0.4, 0.5) is 17.6 Å². The molecule has 1 fully saturated rings. The molecule has 1 saturated carbocycles. The Morgan fingerprint density at radius 1 is 1.05 bits per heavy atom. The number of halogens is 4. The zero-order valence-corrected chi connectivity index (χ0v) is 25.2. The predicted molar refractivity (Wildman–Crippen MR) is 156 cm³/mol. The summed E-state index contributed by atoms with van der Waals surface area (Å²) in [5.41, 5.74) is 0.769. The van der Waals surface area contributed by atoms with Gasteiger partial charge in [0.15, 0.2) is 15.4 Å². The molecule has 0 bridgehead atoms. The number of benzene rings is 2. The molecule has 9 nitrogen and oxygen atoms in total. The second-order valence-electron chi connectivity index (χ2n) is 9.13. The maximum Gasteiger partial charge on any atom is 0.408 e. The third-order valence-electron chi connectivity index (χ3n) is 5.72. The van der Waals surface area contributed by atoms with Gasteiger partial charge in [-0.25, -0.2) is 17.8 Å². The van der Waals surface area contributed by atoms with Crippen LogP contribution < -0.4 is 10.6 Å². The smallest absolute Gasteiger partial charge is 0.408 e. The van der Waals surface area contributed by atoms with Gasteiger partial charge in [-0.15, -0.1) is 0 Å². The van der Waals surface area contributed by atoms with E-state index in [2.05, 4.69) is 20.6 Å². The number of ketones is 1. The Morgan fingerprint density at radius 3 is 2.26 bits per heavy atom. The van der Waals surface area contributed by atoms with Crippen molar-refractivity contribution in [3.8, 4) is 0 Å². The van der Waals surface area contributed by atoms with E-state index in [1.54, 1.807) is 24.3 Å². The van der Waals surface area contributed by atoms with Crippen molar-refractivity contribution in [1.82, 2.24) is 15.6 Å². The highest BCUT2D eigenvalue weighted by molar-refractivity contribution is 7.91. The van der Waals surface area contributed by atoms with Gasteiger partial charge in [0.25, 0.3) is 5.89 Å². The van der Waals surface area contributed by atoms with E-state index in [4.69, 9.17) is 4.42 Å². The maximum absolute atomic E-state index is 13.4. The van der Waals surface area contributed by atoms with Crippen LogP contribution in [0.25, 0.3) is 11.1 Å². The summed E-state index contributed by atoms with van der Waals surface area (Å²) in [4.78, 5) is 33.2. The van der Waals surface area contributed by atoms with Crippen LogP contribution in [0, 0.1) is 11.7 Å². The lowest BCUT2D eigenvalue weighted by molar-refractivity contribution is -0.122. The maximum atomic E-state index is 13.4. The van der Waals surface area contributed by atoms with Crippen molar-refractivity contribution in [3.05, 3.63) is 65.8 Å². The molecule has 1 aliphatic carbocycles. The van der Waals surface area contributed by atoms with Crippen molar-refractivity contribution in [2.24, 2.45) is 10.9 Å². The number of aliphatic imine (C=N–C) groups is 1. The lowest BCUT2D eigenvalue weighted by Crippen LogP contribution is -2.52. The predicted octanol–water partition coefficient (Wildman–Crippen LogP) is 5.11. The van der Waals surface area contributed by atoms with Crippen LogP contribution in [0.15, 0.2) is 57.9 Å². The number of para-hydroxylation sites is 2. The minimum Gasteiger partial charge on any atom is -0.434 e. The highest BCUT2D eigenvalue weighted by Crippen LogP contribution is 2.30. The molecule has 0 radical (unpaired) electrons. The molecule has 1 aliphatic rings. The second-order valence-corrected chi connectivity index (χ2v) is 11.3. The number of rotatable bonds is 11. The molecule has 1 atom stereocenters. The van der Waals surface area contributed by atoms with Crippen LogP contribution in [0.1, 0.15) is 56.8 Å². The number of sulfone groups is 1. The van der Waals surface area contributed by atoms with Gasteiger partial charge in [-0.2, -0.15) is 13.2 Å². The number of nitrogens with zero attached hydrogens (tertiary/aromatic N) is 2. The molecule has 4 rings (SSSR count). The quantitative estimate of drug-likeness (QED) is 0.131. The molecule has 1 aromatic heterocycles. The standard InChI is InChI=1S/C25H24F4N4O5S.2C2H6/c26-17-9-7-16(8-10-17)22(31-14-25(27,28)29)32-19(13-39(36,37)12-15-5-6-15)23(35)30-11-20(34)24-33-18-3-1-2-4-21(18)38-24;2*1-2/h1-4,7-10,15,19H,5-6,11-14H2,(H,30,35)(H,31,32);2*1-2H3/t19-;;/m0../s1. The number of Topliss-reactive ketones (excluding diaryl/α,β-unsaturated/α-hetero) is 1. The summed E-state index contributed by atoms with van der Waals surface area (Å²) in [5.74, 6) is -4.07. The number of hydrogen-bond acceptors (Lipinski definition) is 7. The van der Waals surface area contributed by atoms with E-state index < -0.39 is 64.2 Å². The summed E-state index contributed by atoms with van der Waals surface area (Å²) < 4.78 is 83.1. The molecule has 0 spiro atoms.